The number of H-pyrrole nitrogens is 1. The number of ether oxygens (including phenoxy) is 1. The zero-order valence-electron chi connectivity index (χ0n) is 19.6. The Kier molecular flexibility index (Phi) is 7.81. The number of hydrogen-bond donors (Lipinski definition) is 2. The lowest BCUT2D eigenvalue weighted by atomic mass is 9.87. The maximum atomic E-state index is 12.9. The number of carbonyl (C=O) groups is 2. The van der Waals surface area contributed by atoms with E-state index in [1.807, 2.05) is 20.8 Å². The van der Waals surface area contributed by atoms with Crippen LogP contribution in [0.4, 0.5) is 5.69 Å². The lowest BCUT2D eigenvalue weighted by Gasteiger charge is -2.19. The lowest BCUT2D eigenvalue weighted by Crippen LogP contribution is -2.20. The number of aromatic nitrogens is 2. The van der Waals surface area contributed by atoms with E-state index in [2.05, 4.69) is 20.0 Å². The smallest absolute Gasteiger partial charge is 0.337 e. The number of esters is 1. The predicted molar refractivity (Wildman–Crippen MR) is 133 cm³/mol. The van der Waals surface area contributed by atoms with Crippen LogP contribution in [-0.2, 0) is 24.8 Å². The molecule has 9 nitrogen and oxygen atoms in total. The molecule has 35 heavy (non-hydrogen) atoms. The highest BCUT2D eigenvalue weighted by Gasteiger charge is 2.23. The van der Waals surface area contributed by atoms with E-state index in [1.54, 1.807) is 24.3 Å². The molecule has 2 aromatic carbocycles. The third-order valence-electron chi connectivity index (χ3n) is 4.99. The van der Waals surface area contributed by atoms with Crippen molar-refractivity contribution in [1.29, 1.82) is 0 Å². The Morgan fingerprint density at radius 1 is 1.06 bits per heavy atom. The Balaban J connectivity index is 1.66. The molecule has 0 aliphatic carbocycles. The molecule has 184 valence electrons. The summed E-state index contributed by atoms with van der Waals surface area (Å²) in [7, 11) is -2.78. The molecule has 0 aliphatic rings. The summed E-state index contributed by atoms with van der Waals surface area (Å²) in [5, 5.41) is 2.76. The largest absolute Gasteiger partial charge is 0.465 e. The van der Waals surface area contributed by atoms with Crippen molar-refractivity contribution in [3.05, 3.63) is 76.2 Å². The Hall–Kier alpha value is -3.44. The highest BCUT2D eigenvalue weighted by Crippen LogP contribution is 2.25. The SMILES string of the molecule is COC(=O)c1ccc(NC(=O)CSc2ncc(S(=O)(=O)c3ccc(C(C)(C)C)cc3)c(=O)[nH]2)cc1. The second-order valence-electron chi connectivity index (χ2n) is 8.57. The van der Waals surface area contributed by atoms with E-state index in [1.165, 1.54) is 31.4 Å². The molecule has 3 rings (SSSR count). The topological polar surface area (TPSA) is 135 Å². The number of nitrogens with one attached hydrogen (secondary N) is 2. The molecular weight excluding hydrogens is 490 g/mol. The van der Waals surface area contributed by atoms with Crippen molar-refractivity contribution >= 4 is 39.2 Å². The van der Waals surface area contributed by atoms with E-state index in [0.717, 1.165) is 23.5 Å². The van der Waals surface area contributed by atoms with Gasteiger partial charge in [-0.3, -0.25) is 9.59 Å². The first-order chi connectivity index (χ1) is 16.4. The standard InChI is InChI=1S/C24H25N3O6S2/c1-24(2,3)16-7-11-18(12-8-16)35(31,32)19-13-25-23(27-21(19)29)34-14-20(28)26-17-9-5-15(6-10-17)22(30)33-4/h5-13H,14H2,1-4H3,(H,26,28)(H,25,27,29). The number of sulfone groups is 1. The van der Waals surface area contributed by atoms with Crippen LogP contribution in [0.3, 0.4) is 0 Å². The molecule has 0 saturated heterocycles. The molecule has 0 saturated carbocycles. The summed E-state index contributed by atoms with van der Waals surface area (Å²) < 4.78 is 30.5. The van der Waals surface area contributed by atoms with Crippen molar-refractivity contribution < 1.29 is 22.7 Å². The summed E-state index contributed by atoms with van der Waals surface area (Å²) in [5.41, 5.74) is 0.832. The summed E-state index contributed by atoms with van der Waals surface area (Å²) in [6.45, 7) is 6.05. The van der Waals surface area contributed by atoms with Crippen LogP contribution < -0.4 is 10.9 Å². The van der Waals surface area contributed by atoms with Gasteiger partial charge in [-0.15, -0.1) is 0 Å². The summed E-state index contributed by atoms with van der Waals surface area (Å²) in [6.07, 6.45) is 0.998. The van der Waals surface area contributed by atoms with Crippen LogP contribution in [0.2, 0.25) is 0 Å². The van der Waals surface area contributed by atoms with E-state index in [0.29, 0.717) is 11.3 Å². The predicted octanol–water partition coefficient (Wildman–Crippen LogP) is 3.42. The maximum Gasteiger partial charge on any atom is 0.337 e. The number of benzene rings is 2. The number of rotatable bonds is 7. The summed E-state index contributed by atoms with van der Waals surface area (Å²) in [5.74, 6) is -0.942. The fraction of sp³-hybridized carbons (Fsp3) is 0.250. The number of methoxy groups -OCH3 is 1. The van der Waals surface area contributed by atoms with Crippen LogP contribution in [0, 0.1) is 0 Å². The zero-order chi connectivity index (χ0) is 25.8. The van der Waals surface area contributed by atoms with E-state index in [9.17, 15) is 22.8 Å². The van der Waals surface area contributed by atoms with Gasteiger partial charge in [-0.2, -0.15) is 0 Å². The van der Waals surface area contributed by atoms with Gasteiger partial charge in [0.15, 0.2) is 10.1 Å². The Bertz CT molecular complexity index is 1390. The van der Waals surface area contributed by atoms with Crippen molar-refractivity contribution in [2.75, 3.05) is 18.2 Å². The number of carbonyl (C=O) groups excluding carboxylic acids is 2. The molecule has 1 aromatic heterocycles. The molecule has 0 fully saturated rings. The molecule has 2 N–H and O–H groups in total. The molecule has 0 unspecified atom stereocenters. The molecule has 0 spiro atoms. The quantitative estimate of drug-likeness (QED) is 0.278. The van der Waals surface area contributed by atoms with Crippen molar-refractivity contribution in [2.24, 2.45) is 0 Å². The average molecular weight is 516 g/mol. The first kappa shape index (κ1) is 26.2. The molecule has 3 aromatic rings. The van der Waals surface area contributed by atoms with Crippen LogP contribution >= 0.6 is 11.8 Å². The van der Waals surface area contributed by atoms with Crippen LogP contribution in [0.1, 0.15) is 36.7 Å². The number of amides is 1. The molecule has 11 heteroatoms. The van der Waals surface area contributed by atoms with Gasteiger partial charge in [-0.1, -0.05) is 44.7 Å². The third kappa shape index (κ3) is 6.37. The Morgan fingerprint density at radius 3 is 2.23 bits per heavy atom. The summed E-state index contributed by atoms with van der Waals surface area (Å²) in [6, 6.07) is 12.5. The van der Waals surface area contributed by atoms with E-state index in [-0.39, 0.29) is 27.1 Å². The molecule has 1 amide bonds. The summed E-state index contributed by atoms with van der Waals surface area (Å²) in [4.78, 5) is 42.1. The zero-order valence-corrected chi connectivity index (χ0v) is 21.2. The second kappa shape index (κ2) is 10.4. The minimum atomic E-state index is -4.06. The van der Waals surface area contributed by atoms with Crippen LogP contribution in [0.5, 0.6) is 0 Å². The molecule has 0 atom stereocenters. The highest BCUT2D eigenvalue weighted by atomic mass is 32.2. The first-order valence-corrected chi connectivity index (χ1v) is 12.9. The van der Waals surface area contributed by atoms with Crippen molar-refractivity contribution in [1.82, 2.24) is 9.97 Å². The molecule has 0 bridgehead atoms. The van der Waals surface area contributed by atoms with Gasteiger partial charge in [0.2, 0.25) is 15.7 Å². The van der Waals surface area contributed by atoms with E-state index < -0.39 is 26.3 Å². The van der Waals surface area contributed by atoms with Crippen molar-refractivity contribution in [3.63, 3.8) is 0 Å². The van der Waals surface area contributed by atoms with Gasteiger partial charge < -0.3 is 15.0 Å². The Morgan fingerprint density at radius 2 is 1.69 bits per heavy atom. The van der Waals surface area contributed by atoms with Crippen LogP contribution in [-0.4, -0.2) is 43.1 Å². The molecule has 0 aliphatic heterocycles. The molecule has 1 heterocycles. The minimum Gasteiger partial charge on any atom is -0.465 e. The Labute approximate surface area is 207 Å². The molecule has 0 radical (unpaired) electrons. The van der Waals surface area contributed by atoms with Gasteiger partial charge in [-0.25, -0.2) is 18.2 Å². The number of anilines is 1. The van der Waals surface area contributed by atoms with Gasteiger partial charge in [0, 0.05) is 5.69 Å². The van der Waals surface area contributed by atoms with E-state index >= 15 is 0 Å². The minimum absolute atomic E-state index is 0.00389. The number of hydrogen-bond acceptors (Lipinski definition) is 8. The number of nitrogens with zero attached hydrogens (tertiary/aromatic N) is 1. The second-order valence-corrected chi connectivity index (χ2v) is 11.4. The van der Waals surface area contributed by atoms with Crippen LogP contribution in [0.25, 0.3) is 0 Å². The number of thioether (sulfide) groups is 1. The fourth-order valence-corrected chi connectivity index (χ4v) is 4.90. The summed E-state index contributed by atoms with van der Waals surface area (Å²) >= 11 is 0.946. The number of aromatic amines is 1. The normalized spacial score (nSPS) is 11.7. The maximum absolute atomic E-state index is 12.9. The van der Waals surface area contributed by atoms with Gasteiger partial charge in [0.05, 0.1) is 29.5 Å². The lowest BCUT2D eigenvalue weighted by molar-refractivity contribution is -0.113. The highest BCUT2D eigenvalue weighted by molar-refractivity contribution is 7.99. The van der Waals surface area contributed by atoms with Gasteiger partial charge in [-0.05, 0) is 47.4 Å². The van der Waals surface area contributed by atoms with Gasteiger partial charge in [0.1, 0.15) is 0 Å². The average Bonchev–Trinajstić information content (AvgIpc) is 2.82. The third-order valence-corrected chi connectivity index (χ3v) is 7.64. The molecular formula is C24H25N3O6S2. The van der Waals surface area contributed by atoms with Crippen molar-refractivity contribution in [3.8, 4) is 0 Å². The van der Waals surface area contributed by atoms with Gasteiger partial charge in [0.25, 0.3) is 5.56 Å². The monoisotopic (exact) mass is 515 g/mol. The van der Waals surface area contributed by atoms with Crippen LogP contribution in [0.15, 0.2) is 74.5 Å². The van der Waals surface area contributed by atoms with Crippen molar-refractivity contribution in [2.45, 2.75) is 41.1 Å². The first-order valence-electron chi connectivity index (χ1n) is 10.5. The fourth-order valence-electron chi connectivity index (χ4n) is 3.03. The van der Waals surface area contributed by atoms with E-state index in [4.69, 9.17) is 0 Å². The van der Waals surface area contributed by atoms with Gasteiger partial charge >= 0.3 is 5.97 Å².